The monoisotopic (exact) mass is 306 g/mol. The number of nitrogens with two attached hydrogens (primary N) is 1. The quantitative estimate of drug-likeness (QED) is 0.672. The van der Waals surface area contributed by atoms with E-state index in [0.29, 0.717) is 16.3 Å². The largest absolute Gasteiger partial charge is 0.489 e. The number of nitro groups is 1. The average molecular weight is 307 g/mol. The highest BCUT2D eigenvalue weighted by Gasteiger charge is 2.14. The molecule has 0 saturated carbocycles. The van der Waals surface area contributed by atoms with Crippen LogP contribution in [0.2, 0.25) is 5.02 Å². The Bertz CT molecular complexity index is 642. The molecule has 1 atom stereocenters. The molecule has 0 unspecified atom stereocenters. The fourth-order valence-electron chi connectivity index (χ4n) is 1.88. The van der Waals surface area contributed by atoms with Crippen molar-refractivity contribution in [3.63, 3.8) is 0 Å². The number of rotatable bonds is 5. The Morgan fingerprint density at radius 1 is 1.29 bits per heavy atom. The highest BCUT2D eigenvalue weighted by molar-refractivity contribution is 6.30. The third kappa shape index (κ3) is 3.93. The summed E-state index contributed by atoms with van der Waals surface area (Å²) >= 11 is 5.87. The van der Waals surface area contributed by atoms with Crippen molar-refractivity contribution >= 4 is 17.3 Å². The van der Waals surface area contributed by atoms with Crippen LogP contribution in [0.5, 0.6) is 5.75 Å². The Hall–Kier alpha value is -2.11. The third-order valence-corrected chi connectivity index (χ3v) is 3.27. The van der Waals surface area contributed by atoms with E-state index >= 15 is 0 Å². The van der Waals surface area contributed by atoms with Crippen LogP contribution in [0.3, 0.4) is 0 Å². The Morgan fingerprint density at radius 2 is 1.95 bits per heavy atom. The van der Waals surface area contributed by atoms with E-state index in [1.165, 1.54) is 18.2 Å². The molecule has 0 heterocycles. The maximum absolute atomic E-state index is 11.0. The van der Waals surface area contributed by atoms with Crippen LogP contribution in [-0.2, 0) is 6.61 Å². The number of hydrogen-bond donors (Lipinski definition) is 1. The lowest BCUT2D eigenvalue weighted by Gasteiger charge is -2.09. The van der Waals surface area contributed by atoms with Gasteiger partial charge in [-0.1, -0.05) is 23.7 Å². The SMILES string of the molecule is C[C@H](N)c1ccc(OCc2cc(Cl)ccc2[N+](=O)[O-])cc1. The number of hydrogen-bond acceptors (Lipinski definition) is 4. The van der Waals surface area contributed by atoms with E-state index in [1.54, 1.807) is 12.1 Å². The zero-order valence-corrected chi connectivity index (χ0v) is 12.2. The van der Waals surface area contributed by atoms with E-state index in [9.17, 15) is 10.1 Å². The maximum atomic E-state index is 11.0. The van der Waals surface area contributed by atoms with E-state index in [2.05, 4.69) is 0 Å². The smallest absolute Gasteiger partial charge is 0.276 e. The summed E-state index contributed by atoms with van der Waals surface area (Å²) in [5.41, 5.74) is 7.19. The van der Waals surface area contributed by atoms with Crippen LogP contribution in [0.15, 0.2) is 42.5 Å². The van der Waals surface area contributed by atoms with Gasteiger partial charge in [-0.25, -0.2) is 0 Å². The summed E-state index contributed by atoms with van der Waals surface area (Å²) in [4.78, 5) is 10.5. The zero-order valence-electron chi connectivity index (χ0n) is 11.5. The molecule has 110 valence electrons. The molecule has 2 aromatic carbocycles. The molecule has 0 bridgehead atoms. The van der Waals surface area contributed by atoms with Crippen LogP contribution in [0.25, 0.3) is 0 Å². The normalized spacial score (nSPS) is 12.0. The molecule has 0 aromatic heterocycles. The van der Waals surface area contributed by atoms with Gasteiger partial charge in [0.1, 0.15) is 12.4 Å². The van der Waals surface area contributed by atoms with Gasteiger partial charge >= 0.3 is 0 Å². The molecular weight excluding hydrogens is 292 g/mol. The second-order valence-electron chi connectivity index (χ2n) is 4.68. The van der Waals surface area contributed by atoms with E-state index in [4.69, 9.17) is 22.1 Å². The van der Waals surface area contributed by atoms with Gasteiger partial charge in [0.2, 0.25) is 0 Å². The number of ether oxygens (including phenoxy) is 1. The van der Waals surface area contributed by atoms with Crippen molar-refractivity contribution in [2.45, 2.75) is 19.6 Å². The number of benzene rings is 2. The Kier molecular flexibility index (Phi) is 4.77. The highest BCUT2D eigenvalue weighted by Crippen LogP contribution is 2.24. The molecular formula is C15H15ClN2O3. The minimum absolute atomic E-state index is 0.00778. The fourth-order valence-corrected chi connectivity index (χ4v) is 2.07. The van der Waals surface area contributed by atoms with E-state index < -0.39 is 4.92 Å². The van der Waals surface area contributed by atoms with Crippen LogP contribution in [0.4, 0.5) is 5.69 Å². The molecule has 21 heavy (non-hydrogen) atoms. The molecule has 6 heteroatoms. The molecule has 0 spiro atoms. The van der Waals surface area contributed by atoms with Gasteiger partial charge in [0.25, 0.3) is 5.69 Å². The predicted octanol–water partition coefficient (Wildman–Crippen LogP) is 3.85. The minimum Gasteiger partial charge on any atom is -0.489 e. The van der Waals surface area contributed by atoms with Crippen molar-refractivity contribution in [1.29, 1.82) is 0 Å². The molecule has 0 aliphatic rings. The minimum atomic E-state index is -0.450. The molecule has 2 N–H and O–H groups in total. The second-order valence-corrected chi connectivity index (χ2v) is 5.11. The standard InChI is InChI=1S/C15H15ClN2O3/c1-10(17)11-2-5-14(6-3-11)21-9-12-8-13(16)4-7-15(12)18(19)20/h2-8,10H,9,17H2,1H3/t10-/m0/s1. The molecule has 0 saturated heterocycles. The third-order valence-electron chi connectivity index (χ3n) is 3.04. The first-order valence-corrected chi connectivity index (χ1v) is 6.76. The van der Waals surface area contributed by atoms with Gasteiger partial charge in [-0.15, -0.1) is 0 Å². The Labute approximate surface area is 127 Å². The lowest BCUT2D eigenvalue weighted by atomic mass is 10.1. The van der Waals surface area contributed by atoms with Gasteiger partial charge in [-0.3, -0.25) is 10.1 Å². The lowest BCUT2D eigenvalue weighted by molar-refractivity contribution is -0.385. The van der Waals surface area contributed by atoms with E-state index in [-0.39, 0.29) is 18.3 Å². The van der Waals surface area contributed by atoms with Crippen molar-refractivity contribution in [1.82, 2.24) is 0 Å². The first-order chi connectivity index (χ1) is 9.97. The van der Waals surface area contributed by atoms with Crippen LogP contribution in [-0.4, -0.2) is 4.92 Å². The van der Waals surface area contributed by atoms with Crippen LogP contribution in [0.1, 0.15) is 24.1 Å². The highest BCUT2D eigenvalue weighted by atomic mass is 35.5. The topological polar surface area (TPSA) is 78.4 Å². The number of nitrogens with zero attached hydrogens (tertiary/aromatic N) is 1. The first-order valence-electron chi connectivity index (χ1n) is 6.38. The van der Waals surface area contributed by atoms with Crippen molar-refractivity contribution < 1.29 is 9.66 Å². The summed E-state index contributed by atoms with van der Waals surface area (Å²) in [6.45, 7) is 1.97. The Balaban J connectivity index is 2.12. The first kappa shape index (κ1) is 15.3. The maximum Gasteiger partial charge on any atom is 0.276 e. The van der Waals surface area contributed by atoms with Crippen molar-refractivity contribution in [3.8, 4) is 5.75 Å². The van der Waals surface area contributed by atoms with Crippen molar-refractivity contribution in [2.24, 2.45) is 5.73 Å². The molecule has 2 rings (SSSR count). The van der Waals surface area contributed by atoms with Crippen LogP contribution < -0.4 is 10.5 Å². The summed E-state index contributed by atoms with van der Waals surface area (Å²) in [5.74, 6) is 0.619. The molecule has 0 amide bonds. The summed E-state index contributed by atoms with van der Waals surface area (Å²) < 4.78 is 5.57. The molecule has 5 nitrogen and oxygen atoms in total. The number of nitro benzene ring substituents is 1. The van der Waals surface area contributed by atoms with Gasteiger partial charge in [0.15, 0.2) is 0 Å². The molecule has 0 aliphatic heterocycles. The average Bonchev–Trinajstić information content (AvgIpc) is 2.45. The lowest BCUT2D eigenvalue weighted by Crippen LogP contribution is -2.05. The molecule has 0 fully saturated rings. The van der Waals surface area contributed by atoms with Gasteiger partial charge in [-0.2, -0.15) is 0 Å². The predicted molar refractivity (Wildman–Crippen MR) is 81.5 cm³/mol. The summed E-state index contributed by atoms with van der Waals surface area (Å²) in [6.07, 6.45) is 0. The van der Waals surface area contributed by atoms with Gasteiger partial charge in [0, 0.05) is 17.1 Å². The summed E-state index contributed by atoms with van der Waals surface area (Å²) in [5, 5.41) is 11.4. The fraction of sp³-hybridized carbons (Fsp3) is 0.200. The molecule has 0 radical (unpaired) electrons. The van der Waals surface area contributed by atoms with Crippen molar-refractivity contribution in [3.05, 3.63) is 68.7 Å². The number of halogens is 1. The molecule has 2 aromatic rings. The van der Waals surface area contributed by atoms with Gasteiger partial charge in [-0.05, 0) is 36.8 Å². The Morgan fingerprint density at radius 3 is 2.52 bits per heavy atom. The van der Waals surface area contributed by atoms with E-state index in [1.807, 2.05) is 19.1 Å². The zero-order chi connectivity index (χ0) is 15.4. The van der Waals surface area contributed by atoms with Gasteiger partial charge < -0.3 is 10.5 Å². The van der Waals surface area contributed by atoms with Crippen molar-refractivity contribution in [2.75, 3.05) is 0 Å². The second kappa shape index (κ2) is 6.56. The van der Waals surface area contributed by atoms with E-state index in [0.717, 1.165) is 5.56 Å². The summed E-state index contributed by atoms with van der Waals surface area (Å²) in [7, 11) is 0. The van der Waals surface area contributed by atoms with Crippen LogP contribution >= 0.6 is 11.6 Å². The summed E-state index contributed by atoms with van der Waals surface area (Å²) in [6, 6.07) is 11.7. The van der Waals surface area contributed by atoms with Crippen LogP contribution in [0, 0.1) is 10.1 Å². The van der Waals surface area contributed by atoms with Gasteiger partial charge in [0.05, 0.1) is 10.5 Å². The molecule has 0 aliphatic carbocycles.